The molecule has 0 atom stereocenters. The highest BCUT2D eigenvalue weighted by Crippen LogP contribution is 2.18. The van der Waals surface area contributed by atoms with Crippen molar-refractivity contribution in [3.05, 3.63) is 59.9 Å². The van der Waals surface area contributed by atoms with Crippen molar-refractivity contribution in [1.29, 1.82) is 0 Å². The molecule has 6 heteroatoms. The van der Waals surface area contributed by atoms with Crippen LogP contribution < -0.4 is 16.0 Å². The van der Waals surface area contributed by atoms with E-state index in [1.54, 1.807) is 36.4 Å². The Morgan fingerprint density at radius 1 is 0.885 bits per heavy atom. The number of hydrogen-bond donors (Lipinski definition) is 3. The average Bonchev–Trinajstić information content (AvgIpc) is 2.65. The lowest BCUT2D eigenvalue weighted by Gasteiger charge is -2.22. The number of anilines is 2. The zero-order valence-corrected chi connectivity index (χ0v) is 14.4. The highest BCUT2D eigenvalue weighted by Gasteiger charge is 2.16. The third kappa shape index (κ3) is 4.81. The fraction of sp³-hybridized carbons (Fsp3) is 0.300. The molecule has 1 aliphatic carbocycles. The number of para-hydroxylation sites is 1. The molecule has 0 aromatic heterocycles. The largest absolute Gasteiger partial charge is 0.349 e. The van der Waals surface area contributed by atoms with E-state index in [-0.39, 0.29) is 17.6 Å². The van der Waals surface area contributed by atoms with Gasteiger partial charge in [0.25, 0.3) is 5.91 Å². The zero-order chi connectivity index (χ0) is 18.4. The molecular formula is C20H22FN3O2. The molecule has 3 rings (SSSR count). The zero-order valence-electron chi connectivity index (χ0n) is 14.4. The van der Waals surface area contributed by atoms with E-state index in [2.05, 4.69) is 16.0 Å². The first-order valence-corrected chi connectivity index (χ1v) is 8.85. The fourth-order valence-corrected chi connectivity index (χ4v) is 3.07. The van der Waals surface area contributed by atoms with Crippen molar-refractivity contribution in [2.24, 2.45) is 0 Å². The third-order valence-corrected chi connectivity index (χ3v) is 4.47. The Balaban J connectivity index is 1.54. The minimum Gasteiger partial charge on any atom is -0.349 e. The Labute approximate surface area is 152 Å². The molecule has 0 aliphatic heterocycles. The lowest BCUT2D eigenvalue weighted by Crippen LogP contribution is -2.36. The van der Waals surface area contributed by atoms with Gasteiger partial charge >= 0.3 is 6.03 Å². The van der Waals surface area contributed by atoms with Gasteiger partial charge in [-0.15, -0.1) is 0 Å². The van der Waals surface area contributed by atoms with Crippen LogP contribution in [0.5, 0.6) is 0 Å². The fourth-order valence-electron chi connectivity index (χ4n) is 3.07. The Morgan fingerprint density at radius 3 is 2.27 bits per heavy atom. The van der Waals surface area contributed by atoms with Crippen molar-refractivity contribution in [3.8, 4) is 0 Å². The summed E-state index contributed by atoms with van der Waals surface area (Å²) in [5.74, 6) is -0.600. The molecule has 136 valence electrons. The van der Waals surface area contributed by atoms with E-state index in [0.717, 1.165) is 25.7 Å². The van der Waals surface area contributed by atoms with Crippen LogP contribution in [0.2, 0.25) is 0 Å². The summed E-state index contributed by atoms with van der Waals surface area (Å²) in [4.78, 5) is 24.2. The summed E-state index contributed by atoms with van der Waals surface area (Å²) >= 11 is 0. The quantitative estimate of drug-likeness (QED) is 0.754. The van der Waals surface area contributed by atoms with E-state index in [1.165, 1.54) is 18.6 Å². The van der Waals surface area contributed by atoms with Crippen LogP contribution in [0.25, 0.3) is 0 Å². The summed E-state index contributed by atoms with van der Waals surface area (Å²) in [6.07, 6.45) is 5.61. The van der Waals surface area contributed by atoms with Crippen molar-refractivity contribution in [2.75, 3.05) is 10.6 Å². The predicted molar refractivity (Wildman–Crippen MR) is 99.8 cm³/mol. The number of carbonyl (C=O) groups is 2. The van der Waals surface area contributed by atoms with E-state index in [1.807, 2.05) is 0 Å². The lowest BCUT2D eigenvalue weighted by atomic mass is 9.95. The van der Waals surface area contributed by atoms with Gasteiger partial charge in [0.05, 0.1) is 5.69 Å². The minimum absolute atomic E-state index is 0.0979. The Bertz CT molecular complexity index is 771. The van der Waals surface area contributed by atoms with Crippen LogP contribution in [0.1, 0.15) is 42.5 Å². The van der Waals surface area contributed by atoms with Gasteiger partial charge in [-0.3, -0.25) is 4.79 Å². The van der Waals surface area contributed by atoms with Gasteiger partial charge in [0.15, 0.2) is 0 Å². The van der Waals surface area contributed by atoms with Gasteiger partial charge in [-0.05, 0) is 49.2 Å². The van der Waals surface area contributed by atoms with E-state index < -0.39 is 11.8 Å². The highest BCUT2D eigenvalue weighted by atomic mass is 19.1. The second-order valence-corrected chi connectivity index (χ2v) is 6.44. The van der Waals surface area contributed by atoms with E-state index in [0.29, 0.717) is 11.3 Å². The number of nitrogens with one attached hydrogen (secondary N) is 3. The van der Waals surface area contributed by atoms with Crippen molar-refractivity contribution < 1.29 is 14.0 Å². The summed E-state index contributed by atoms with van der Waals surface area (Å²) in [5.41, 5.74) is 1.18. The topological polar surface area (TPSA) is 70.2 Å². The summed E-state index contributed by atoms with van der Waals surface area (Å²) in [7, 11) is 0. The van der Waals surface area contributed by atoms with Gasteiger partial charge in [-0.1, -0.05) is 31.4 Å². The van der Waals surface area contributed by atoms with Gasteiger partial charge in [0.1, 0.15) is 5.82 Å². The highest BCUT2D eigenvalue weighted by molar-refractivity contribution is 6.00. The van der Waals surface area contributed by atoms with Gasteiger partial charge < -0.3 is 16.0 Å². The SMILES string of the molecule is O=C(Nc1ccc(C(=O)NC2CCCCC2)cc1)Nc1ccccc1F. The molecule has 3 amide bonds. The molecule has 1 fully saturated rings. The molecule has 0 heterocycles. The third-order valence-electron chi connectivity index (χ3n) is 4.47. The lowest BCUT2D eigenvalue weighted by molar-refractivity contribution is 0.0927. The van der Waals surface area contributed by atoms with Gasteiger partial charge in [-0.25, -0.2) is 9.18 Å². The molecule has 2 aromatic carbocycles. The van der Waals surface area contributed by atoms with Crippen LogP contribution >= 0.6 is 0 Å². The summed E-state index contributed by atoms with van der Waals surface area (Å²) in [6.45, 7) is 0. The molecule has 1 aliphatic rings. The maximum absolute atomic E-state index is 13.5. The average molecular weight is 355 g/mol. The molecular weight excluding hydrogens is 333 g/mol. The Kier molecular flexibility index (Phi) is 5.84. The first-order valence-electron chi connectivity index (χ1n) is 8.85. The Morgan fingerprint density at radius 2 is 1.58 bits per heavy atom. The van der Waals surface area contributed by atoms with Crippen molar-refractivity contribution in [3.63, 3.8) is 0 Å². The number of halogens is 1. The number of rotatable bonds is 4. The standard InChI is InChI=1S/C20H22FN3O2/c21-17-8-4-5-9-18(17)24-20(26)23-16-12-10-14(11-13-16)19(25)22-15-6-2-1-3-7-15/h4-5,8-13,15H,1-3,6-7H2,(H,22,25)(H2,23,24,26). The first-order chi connectivity index (χ1) is 12.6. The van der Waals surface area contributed by atoms with Gasteiger partial charge in [0, 0.05) is 17.3 Å². The maximum atomic E-state index is 13.5. The minimum atomic E-state index is -0.547. The molecule has 3 N–H and O–H groups in total. The number of urea groups is 1. The number of hydrogen-bond acceptors (Lipinski definition) is 2. The molecule has 2 aromatic rings. The second kappa shape index (κ2) is 8.47. The molecule has 5 nitrogen and oxygen atoms in total. The summed E-state index contributed by atoms with van der Waals surface area (Å²) < 4.78 is 13.5. The second-order valence-electron chi connectivity index (χ2n) is 6.44. The number of amides is 3. The van der Waals surface area contributed by atoms with E-state index >= 15 is 0 Å². The smallest absolute Gasteiger partial charge is 0.323 e. The van der Waals surface area contributed by atoms with Crippen LogP contribution in [0.15, 0.2) is 48.5 Å². The van der Waals surface area contributed by atoms with Crippen LogP contribution in [0.4, 0.5) is 20.6 Å². The van der Waals surface area contributed by atoms with Crippen molar-refractivity contribution in [1.82, 2.24) is 5.32 Å². The molecule has 0 unspecified atom stereocenters. The normalized spacial score (nSPS) is 14.5. The van der Waals surface area contributed by atoms with Crippen LogP contribution in [-0.4, -0.2) is 18.0 Å². The van der Waals surface area contributed by atoms with Gasteiger partial charge in [-0.2, -0.15) is 0 Å². The predicted octanol–water partition coefficient (Wildman–Crippen LogP) is 4.53. The van der Waals surface area contributed by atoms with Crippen molar-refractivity contribution >= 4 is 23.3 Å². The van der Waals surface area contributed by atoms with Gasteiger partial charge in [0.2, 0.25) is 0 Å². The summed E-state index contributed by atoms with van der Waals surface area (Å²) in [5, 5.41) is 8.12. The maximum Gasteiger partial charge on any atom is 0.323 e. The van der Waals surface area contributed by atoms with Crippen LogP contribution in [0.3, 0.4) is 0 Å². The molecule has 0 saturated heterocycles. The molecule has 0 bridgehead atoms. The monoisotopic (exact) mass is 355 g/mol. The molecule has 26 heavy (non-hydrogen) atoms. The van der Waals surface area contributed by atoms with E-state index in [4.69, 9.17) is 0 Å². The molecule has 0 spiro atoms. The van der Waals surface area contributed by atoms with Crippen molar-refractivity contribution in [2.45, 2.75) is 38.1 Å². The summed E-state index contributed by atoms with van der Waals surface area (Å²) in [6, 6.07) is 12.3. The first kappa shape index (κ1) is 17.9. The van der Waals surface area contributed by atoms with Crippen LogP contribution in [0, 0.1) is 5.82 Å². The molecule has 1 saturated carbocycles. The van der Waals surface area contributed by atoms with E-state index in [9.17, 15) is 14.0 Å². The number of benzene rings is 2. The Hall–Kier alpha value is -2.89. The molecule has 0 radical (unpaired) electrons. The number of carbonyl (C=O) groups excluding carboxylic acids is 2. The van der Waals surface area contributed by atoms with Crippen LogP contribution in [-0.2, 0) is 0 Å².